The molecule has 7 rings (SSSR count). The predicted molar refractivity (Wildman–Crippen MR) is 128 cm³/mol. The Morgan fingerprint density at radius 1 is 1.11 bits per heavy atom. The second-order valence-corrected chi connectivity index (χ2v) is 9.26. The van der Waals surface area contributed by atoms with Crippen molar-refractivity contribution in [1.82, 2.24) is 24.7 Å². The molecule has 3 aromatic heterocycles. The summed E-state index contributed by atoms with van der Waals surface area (Å²) >= 11 is 0. The monoisotopic (exact) mass is 501 g/mol. The second kappa shape index (κ2) is 8.91. The smallest absolute Gasteiger partial charge is 0.351 e. The Labute approximate surface area is 211 Å². The van der Waals surface area contributed by atoms with E-state index < -0.39 is 0 Å². The van der Waals surface area contributed by atoms with Gasteiger partial charge in [0.05, 0.1) is 5.69 Å². The molecule has 5 heterocycles. The lowest BCUT2D eigenvalue weighted by Crippen LogP contribution is -2.35. The van der Waals surface area contributed by atoms with Crippen molar-refractivity contribution in [3.8, 4) is 34.5 Å². The highest BCUT2D eigenvalue weighted by Crippen LogP contribution is 2.39. The average Bonchev–Trinajstić information content (AvgIpc) is 3.67. The average molecular weight is 501 g/mol. The van der Waals surface area contributed by atoms with Crippen molar-refractivity contribution in [2.45, 2.75) is 44.4 Å². The fraction of sp³-hybridized carbons (Fsp3) is 0.346. The topological polar surface area (TPSA) is 124 Å². The molecule has 11 nitrogen and oxygen atoms in total. The Bertz CT molecular complexity index is 1530. The van der Waals surface area contributed by atoms with Gasteiger partial charge in [-0.3, -0.25) is 4.57 Å². The van der Waals surface area contributed by atoms with Gasteiger partial charge in [-0.15, -0.1) is 0 Å². The predicted octanol–water partition coefficient (Wildman–Crippen LogP) is 2.92. The maximum absolute atomic E-state index is 12.7. The Morgan fingerprint density at radius 3 is 2.97 bits per heavy atom. The van der Waals surface area contributed by atoms with Crippen LogP contribution in [0, 0.1) is 0 Å². The minimum absolute atomic E-state index is 0.183. The summed E-state index contributed by atoms with van der Waals surface area (Å²) in [6.45, 7) is 1.24. The number of ether oxygens (including phenoxy) is 4. The molecule has 1 fully saturated rings. The third kappa shape index (κ3) is 4.37. The second-order valence-electron chi connectivity index (χ2n) is 9.26. The molecule has 37 heavy (non-hydrogen) atoms. The van der Waals surface area contributed by atoms with Crippen LogP contribution in [0.5, 0.6) is 23.3 Å². The first-order valence-electron chi connectivity index (χ1n) is 12.3. The standard InChI is InChI=1S/C26H23N5O6/c32-26-29-23(34-12-18-13-35-25-21(36-18)2-1-8-27-25)11-20-19-6-5-17(10-16(19)7-9-31(20)26)33-14-22-28-24(37-30-22)15-3-4-15/h1-2,5-6,8,10-11,15,18H,3-4,7,9,12-14H2. The maximum Gasteiger partial charge on any atom is 0.351 e. The number of nitrogens with zero attached hydrogens (tertiary/aromatic N) is 5. The summed E-state index contributed by atoms with van der Waals surface area (Å²) in [7, 11) is 0. The largest absolute Gasteiger partial charge is 0.485 e. The van der Waals surface area contributed by atoms with Crippen LogP contribution in [0.1, 0.15) is 36.0 Å². The molecule has 0 N–H and O–H groups in total. The van der Waals surface area contributed by atoms with E-state index in [0.717, 1.165) is 29.7 Å². The minimum atomic E-state index is -0.350. The number of benzene rings is 1. The van der Waals surface area contributed by atoms with E-state index in [1.807, 2.05) is 18.2 Å². The Balaban J connectivity index is 1.05. The molecule has 0 amide bonds. The van der Waals surface area contributed by atoms with E-state index in [1.165, 1.54) is 0 Å². The van der Waals surface area contributed by atoms with Crippen molar-refractivity contribution in [3.05, 3.63) is 70.4 Å². The van der Waals surface area contributed by atoms with E-state index in [-0.39, 0.29) is 30.9 Å². The molecular weight excluding hydrogens is 478 g/mol. The van der Waals surface area contributed by atoms with Crippen LogP contribution in [-0.2, 0) is 19.6 Å². The molecule has 3 aliphatic rings. The van der Waals surface area contributed by atoms with Gasteiger partial charge in [-0.05, 0) is 55.2 Å². The molecule has 2 aliphatic heterocycles. The van der Waals surface area contributed by atoms with Crippen molar-refractivity contribution in [2.75, 3.05) is 13.2 Å². The van der Waals surface area contributed by atoms with Crippen LogP contribution in [0.15, 0.2) is 51.9 Å². The van der Waals surface area contributed by atoms with Gasteiger partial charge in [0, 0.05) is 30.3 Å². The van der Waals surface area contributed by atoms with E-state index in [9.17, 15) is 4.79 Å². The summed E-state index contributed by atoms with van der Waals surface area (Å²) in [5, 5.41) is 4.00. The lowest BCUT2D eigenvalue weighted by atomic mass is 9.97. The third-order valence-electron chi connectivity index (χ3n) is 6.58. The van der Waals surface area contributed by atoms with Gasteiger partial charge in [-0.1, -0.05) is 5.16 Å². The quantitative estimate of drug-likeness (QED) is 0.373. The van der Waals surface area contributed by atoms with Crippen molar-refractivity contribution >= 4 is 0 Å². The first-order valence-corrected chi connectivity index (χ1v) is 12.3. The first kappa shape index (κ1) is 21.8. The number of fused-ring (bicyclic) bond motifs is 4. The van der Waals surface area contributed by atoms with Crippen molar-refractivity contribution in [2.24, 2.45) is 0 Å². The fourth-order valence-corrected chi connectivity index (χ4v) is 4.54. The number of hydrogen-bond acceptors (Lipinski definition) is 10. The highest BCUT2D eigenvalue weighted by molar-refractivity contribution is 5.67. The molecule has 1 saturated carbocycles. The zero-order chi connectivity index (χ0) is 24.8. The molecule has 1 atom stereocenters. The van der Waals surface area contributed by atoms with E-state index in [1.54, 1.807) is 29.0 Å². The van der Waals surface area contributed by atoms with Gasteiger partial charge in [-0.2, -0.15) is 9.97 Å². The van der Waals surface area contributed by atoms with Crippen LogP contribution >= 0.6 is 0 Å². The number of pyridine rings is 1. The van der Waals surface area contributed by atoms with Gasteiger partial charge in [-0.25, -0.2) is 9.78 Å². The number of aromatic nitrogens is 5. The molecule has 0 saturated heterocycles. The van der Waals surface area contributed by atoms with E-state index in [2.05, 4.69) is 20.1 Å². The van der Waals surface area contributed by atoms with Crippen LogP contribution in [0.2, 0.25) is 0 Å². The zero-order valence-electron chi connectivity index (χ0n) is 19.8. The number of hydrogen-bond donors (Lipinski definition) is 0. The van der Waals surface area contributed by atoms with Gasteiger partial charge >= 0.3 is 5.69 Å². The molecule has 0 spiro atoms. The summed E-state index contributed by atoms with van der Waals surface area (Å²) in [6.07, 6.45) is 4.21. The Morgan fingerprint density at radius 2 is 2.05 bits per heavy atom. The zero-order valence-corrected chi connectivity index (χ0v) is 19.8. The maximum atomic E-state index is 12.7. The fourth-order valence-electron chi connectivity index (χ4n) is 4.54. The molecule has 4 aromatic rings. The SMILES string of the molecule is O=c1nc(OCC2COc3ncccc3O2)cc2n1CCc1cc(OCc3noc(C4CC4)n3)ccc1-2. The van der Waals surface area contributed by atoms with Gasteiger partial charge in [0.2, 0.25) is 17.6 Å². The van der Waals surface area contributed by atoms with Crippen LogP contribution in [0.4, 0.5) is 0 Å². The van der Waals surface area contributed by atoms with E-state index in [4.69, 9.17) is 23.5 Å². The van der Waals surface area contributed by atoms with Crippen molar-refractivity contribution in [1.29, 1.82) is 0 Å². The first-order chi connectivity index (χ1) is 18.2. The normalized spacial score (nSPS) is 17.6. The molecular formula is C26H23N5O6. The van der Waals surface area contributed by atoms with Crippen LogP contribution in [0.25, 0.3) is 11.3 Å². The molecule has 1 aliphatic carbocycles. The third-order valence-corrected chi connectivity index (χ3v) is 6.58. The van der Waals surface area contributed by atoms with Gasteiger partial charge in [0.1, 0.15) is 19.0 Å². The van der Waals surface area contributed by atoms with Gasteiger partial charge in [0.15, 0.2) is 18.5 Å². The summed E-state index contributed by atoms with van der Waals surface area (Å²) in [4.78, 5) is 25.4. The van der Waals surface area contributed by atoms with Crippen LogP contribution in [-0.4, -0.2) is 44.0 Å². The highest BCUT2D eigenvalue weighted by Gasteiger charge is 2.29. The van der Waals surface area contributed by atoms with Gasteiger partial charge in [0.25, 0.3) is 5.88 Å². The number of rotatable bonds is 7. The van der Waals surface area contributed by atoms with E-state index in [0.29, 0.717) is 54.6 Å². The minimum Gasteiger partial charge on any atom is -0.485 e. The Hall–Kier alpha value is -4.41. The van der Waals surface area contributed by atoms with E-state index >= 15 is 0 Å². The summed E-state index contributed by atoms with van der Waals surface area (Å²) in [5.41, 5.74) is 2.42. The van der Waals surface area contributed by atoms with Gasteiger partial charge < -0.3 is 23.5 Å². The molecule has 1 aromatic carbocycles. The summed E-state index contributed by atoms with van der Waals surface area (Å²) in [6, 6.07) is 11.2. The lowest BCUT2D eigenvalue weighted by molar-refractivity contribution is 0.0486. The molecule has 0 bridgehead atoms. The molecule has 11 heteroatoms. The van der Waals surface area contributed by atoms with Crippen molar-refractivity contribution in [3.63, 3.8) is 0 Å². The lowest BCUT2D eigenvalue weighted by Gasteiger charge is -2.25. The summed E-state index contributed by atoms with van der Waals surface area (Å²) in [5.74, 6) is 3.63. The number of aryl methyl sites for hydroxylation is 1. The summed E-state index contributed by atoms with van der Waals surface area (Å²) < 4.78 is 30.3. The van der Waals surface area contributed by atoms with Crippen LogP contribution < -0.4 is 24.6 Å². The molecule has 1 unspecified atom stereocenters. The van der Waals surface area contributed by atoms with Crippen LogP contribution in [0.3, 0.4) is 0 Å². The highest BCUT2D eigenvalue weighted by atomic mass is 16.6. The molecule has 0 radical (unpaired) electrons. The molecule has 188 valence electrons. The van der Waals surface area contributed by atoms with Crippen molar-refractivity contribution < 1.29 is 23.5 Å². The Kier molecular flexibility index (Phi) is 5.26.